The molecule has 4 rings (SSSR count). The summed E-state index contributed by atoms with van der Waals surface area (Å²) in [6.45, 7) is 0.191. The lowest BCUT2D eigenvalue weighted by atomic mass is 9.92. The number of aliphatic imine (C=N–C) groups is 1. The Morgan fingerprint density at radius 1 is 1.37 bits per heavy atom. The van der Waals surface area contributed by atoms with E-state index in [1.807, 2.05) is 6.07 Å². The first kappa shape index (κ1) is 24.6. The van der Waals surface area contributed by atoms with Gasteiger partial charge in [-0.3, -0.25) is 4.99 Å². The van der Waals surface area contributed by atoms with Crippen LogP contribution in [0.25, 0.3) is 10.2 Å². The number of nitrogens with two attached hydrogens (primary N) is 1. The van der Waals surface area contributed by atoms with Crippen LogP contribution < -0.4 is 25.8 Å². The fourth-order valence-corrected chi connectivity index (χ4v) is 4.81. The predicted octanol–water partition coefficient (Wildman–Crippen LogP) is 4.58. The fourth-order valence-electron chi connectivity index (χ4n) is 3.82. The molecule has 35 heavy (non-hydrogen) atoms. The third kappa shape index (κ3) is 6.32. The molecule has 1 saturated carbocycles. The molecule has 1 unspecified atom stereocenters. The number of hydrogen-bond donors (Lipinski definition) is 3. The highest BCUT2D eigenvalue weighted by Gasteiger charge is 2.36. The quantitative estimate of drug-likeness (QED) is 0.363. The molecule has 0 bridgehead atoms. The summed E-state index contributed by atoms with van der Waals surface area (Å²) in [6.07, 6.45) is 5.50. The van der Waals surface area contributed by atoms with Gasteiger partial charge in [0.05, 0.1) is 23.2 Å². The van der Waals surface area contributed by atoms with Gasteiger partial charge in [0.25, 0.3) is 0 Å². The molecule has 0 aliphatic heterocycles. The Kier molecular flexibility index (Phi) is 7.59. The lowest BCUT2D eigenvalue weighted by Gasteiger charge is -2.29. The number of allylic oxidation sites excluding steroid dienone is 1. The van der Waals surface area contributed by atoms with E-state index >= 15 is 0 Å². The minimum Gasteiger partial charge on any atom is -0.494 e. The van der Waals surface area contributed by atoms with E-state index in [4.69, 9.17) is 15.2 Å². The van der Waals surface area contributed by atoms with Crippen molar-refractivity contribution >= 4 is 38.8 Å². The number of aromatic nitrogens is 3. The van der Waals surface area contributed by atoms with E-state index in [1.165, 1.54) is 17.5 Å². The second-order valence-electron chi connectivity index (χ2n) is 8.08. The summed E-state index contributed by atoms with van der Waals surface area (Å²) in [6, 6.07) is 5.03. The molecule has 186 valence electrons. The first-order chi connectivity index (χ1) is 16.9. The summed E-state index contributed by atoms with van der Waals surface area (Å²) in [5.74, 6) is -1.16. The van der Waals surface area contributed by atoms with Crippen molar-refractivity contribution in [2.75, 3.05) is 24.8 Å². The molecule has 1 aliphatic carbocycles. The molecule has 0 spiro atoms. The molecule has 1 atom stereocenters. The molecule has 0 radical (unpaired) electrons. The molecule has 4 N–H and O–H groups in total. The largest absolute Gasteiger partial charge is 0.494 e. The van der Waals surface area contributed by atoms with Crippen LogP contribution in [-0.4, -0.2) is 47.3 Å². The van der Waals surface area contributed by atoms with E-state index in [0.29, 0.717) is 52.3 Å². The van der Waals surface area contributed by atoms with Gasteiger partial charge >= 0.3 is 0 Å². The van der Waals surface area contributed by atoms with Gasteiger partial charge in [0, 0.05) is 50.6 Å². The summed E-state index contributed by atoms with van der Waals surface area (Å²) in [5.41, 5.74) is 7.43. The van der Waals surface area contributed by atoms with E-state index in [9.17, 15) is 8.78 Å². The van der Waals surface area contributed by atoms with E-state index in [2.05, 4.69) is 30.6 Å². The highest BCUT2D eigenvalue weighted by molar-refractivity contribution is 7.22. The molecule has 12 heteroatoms. The monoisotopic (exact) mass is 503 g/mol. The van der Waals surface area contributed by atoms with Crippen molar-refractivity contribution < 1.29 is 18.3 Å². The van der Waals surface area contributed by atoms with E-state index in [0.717, 1.165) is 4.70 Å². The number of alkyl halides is 2. The zero-order valence-corrected chi connectivity index (χ0v) is 20.2. The maximum absolute atomic E-state index is 13.8. The molecular weight excluding hydrogens is 476 g/mol. The summed E-state index contributed by atoms with van der Waals surface area (Å²) < 4.78 is 39.8. The number of thiazole rings is 1. The number of halogens is 2. The average Bonchev–Trinajstić information content (AvgIpc) is 3.23. The number of anilines is 2. The first-order valence-corrected chi connectivity index (χ1v) is 11.9. The van der Waals surface area contributed by atoms with Crippen molar-refractivity contribution in [1.82, 2.24) is 15.0 Å². The molecule has 0 amide bonds. The summed E-state index contributed by atoms with van der Waals surface area (Å²) >= 11 is 1.38. The van der Waals surface area contributed by atoms with Crippen LogP contribution in [0.15, 0.2) is 41.3 Å². The molecule has 1 aromatic carbocycles. The number of nitrogens with one attached hydrogen (secondary N) is 2. The van der Waals surface area contributed by atoms with Gasteiger partial charge in [0.15, 0.2) is 5.13 Å². The molecular formula is C23H27F2N7O2S. The topological polar surface area (TPSA) is 120 Å². The normalized spacial score (nSPS) is 18.1. The molecule has 3 aromatic rings. The highest BCUT2D eigenvalue weighted by atomic mass is 32.1. The molecule has 1 aliphatic rings. The number of ether oxygens (including phenoxy) is 2. The number of fused-ring (bicyclic) bond motifs is 1. The van der Waals surface area contributed by atoms with Gasteiger partial charge in [-0.15, -0.1) is 0 Å². The fraction of sp³-hybridized carbons (Fsp3) is 0.391. The second kappa shape index (κ2) is 10.8. The van der Waals surface area contributed by atoms with Crippen LogP contribution in [0.2, 0.25) is 0 Å². The smallest absolute Gasteiger partial charge is 0.250 e. The zero-order chi connectivity index (χ0) is 24.8. The van der Waals surface area contributed by atoms with Gasteiger partial charge in [0.1, 0.15) is 23.6 Å². The standard InChI is InChI=1S/C23H27F2N7O2S/c1-27-12-16(11-26)30-21-28-7-5-15(29-21)13-34-17-8-18(33-2)20-19(9-17)35-22(32-20)31-14-4-3-6-23(24,25)10-14/h5,7-9,11-12,14H,3-4,6,10,13,26H2,1-2H3,(H,31,32)(H,28,29,30). The lowest BCUT2D eigenvalue weighted by molar-refractivity contribution is -0.0373. The van der Waals surface area contributed by atoms with Gasteiger partial charge in [-0.1, -0.05) is 11.3 Å². The minimum atomic E-state index is -2.63. The van der Waals surface area contributed by atoms with Crippen LogP contribution in [0.4, 0.5) is 19.9 Å². The van der Waals surface area contributed by atoms with Crippen molar-refractivity contribution in [3.63, 3.8) is 0 Å². The van der Waals surface area contributed by atoms with Crippen molar-refractivity contribution in [2.24, 2.45) is 10.7 Å². The SMILES string of the molecule is CN=CC(=CN)Nc1nccc(COc2cc(OC)c3nc(NC4CCCC(F)(F)C4)sc3c2)n1. The van der Waals surface area contributed by atoms with Crippen LogP contribution in [0.3, 0.4) is 0 Å². The molecule has 9 nitrogen and oxygen atoms in total. The van der Waals surface area contributed by atoms with Crippen molar-refractivity contribution in [3.05, 3.63) is 42.0 Å². The lowest BCUT2D eigenvalue weighted by Crippen LogP contribution is -2.34. The number of rotatable bonds is 9. The van der Waals surface area contributed by atoms with Crippen molar-refractivity contribution in [2.45, 2.75) is 44.3 Å². The Morgan fingerprint density at radius 3 is 2.97 bits per heavy atom. The number of benzene rings is 1. The number of nitrogens with zero attached hydrogens (tertiary/aromatic N) is 4. The molecule has 0 saturated heterocycles. The summed E-state index contributed by atoms with van der Waals surface area (Å²) in [7, 11) is 3.19. The Bertz CT molecular complexity index is 1230. The van der Waals surface area contributed by atoms with Crippen LogP contribution in [-0.2, 0) is 6.61 Å². The van der Waals surface area contributed by atoms with Crippen molar-refractivity contribution in [3.8, 4) is 11.5 Å². The zero-order valence-electron chi connectivity index (χ0n) is 19.4. The molecule has 1 fully saturated rings. The van der Waals surface area contributed by atoms with E-state index in [1.54, 1.807) is 38.7 Å². The maximum Gasteiger partial charge on any atom is 0.250 e. The third-order valence-electron chi connectivity index (χ3n) is 5.43. The average molecular weight is 504 g/mol. The maximum atomic E-state index is 13.8. The Balaban J connectivity index is 1.47. The predicted molar refractivity (Wildman–Crippen MR) is 134 cm³/mol. The number of hydrogen-bond acceptors (Lipinski definition) is 10. The van der Waals surface area contributed by atoms with E-state index < -0.39 is 5.92 Å². The van der Waals surface area contributed by atoms with Crippen LogP contribution >= 0.6 is 11.3 Å². The van der Waals surface area contributed by atoms with Gasteiger partial charge in [-0.25, -0.2) is 23.7 Å². The Hall–Kier alpha value is -3.54. The second-order valence-corrected chi connectivity index (χ2v) is 9.11. The Morgan fingerprint density at radius 2 is 2.23 bits per heavy atom. The van der Waals surface area contributed by atoms with E-state index in [-0.39, 0.29) is 25.5 Å². The van der Waals surface area contributed by atoms with Crippen molar-refractivity contribution in [1.29, 1.82) is 0 Å². The molecule has 2 heterocycles. The molecule has 2 aromatic heterocycles. The first-order valence-electron chi connectivity index (χ1n) is 11.1. The number of methoxy groups -OCH3 is 1. The summed E-state index contributed by atoms with van der Waals surface area (Å²) in [4.78, 5) is 17.1. The third-order valence-corrected chi connectivity index (χ3v) is 6.36. The highest BCUT2D eigenvalue weighted by Crippen LogP contribution is 2.39. The van der Waals surface area contributed by atoms with Gasteiger partial charge in [-0.05, 0) is 25.0 Å². The van der Waals surface area contributed by atoms with Gasteiger partial charge < -0.3 is 25.8 Å². The summed E-state index contributed by atoms with van der Waals surface area (Å²) in [5, 5.41) is 6.74. The van der Waals surface area contributed by atoms with Crippen LogP contribution in [0.1, 0.15) is 31.4 Å². The van der Waals surface area contributed by atoms with Crippen LogP contribution in [0, 0.1) is 0 Å². The van der Waals surface area contributed by atoms with Gasteiger partial charge in [0.2, 0.25) is 11.9 Å². The minimum absolute atomic E-state index is 0.0543. The Labute approximate surface area is 205 Å². The van der Waals surface area contributed by atoms with Crippen LogP contribution in [0.5, 0.6) is 11.5 Å². The van der Waals surface area contributed by atoms with Gasteiger partial charge in [-0.2, -0.15) is 0 Å².